The predicted molar refractivity (Wildman–Crippen MR) is 85.5 cm³/mol. The number of carbonyl (C=O) groups is 1. The largest absolute Gasteiger partial charge is 0.493 e. The molecular formula is C15H19IO3. The molecular weight excluding hydrogens is 355 g/mol. The van der Waals surface area contributed by atoms with Crippen LogP contribution in [0.3, 0.4) is 0 Å². The molecule has 104 valence electrons. The van der Waals surface area contributed by atoms with Crippen molar-refractivity contribution in [2.24, 2.45) is 0 Å². The SMILES string of the molecule is CC(C)OC(=O)CCCOc1ccccc1/C=C/I. The van der Waals surface area contributed by atoms with E-state index in [2.05, 4.69) is 22.6 Å². The van der Waals surface area contributed by atoms with E-state index in [0.717, 1.165) is 11.3 Å². The fourth-order valence-electron chi connectivity index (χ4n) is 1.54. The number of hydrogen-bond donors (Lipinski definition) is 0. The smallest absolute Gasteiger partial charge is 0.306 e. The van der Waals surface area contributed by atoms with E-state index in [0.29, 0.717) is 19.4 Å². The minimum absolute atomic E-state index is 0.0528. The molecule has 0 aliphatic heterocycles. The molecule has 0 aliphatic rings. The van der Waals surface area contributed by atoms with E-state index in [9.17, 15) is 4.79 Å². The third kappa shape index (κ3) is 6.61. The number of rotatable bonds is 7. The first-order valence-electron chi connectivity index (χ1n) is 6.31. The molecule has 1 rings (SSSR count). The topological polar surface area (TPSA) is 35.5 Å². The molecule has 0 unspecified atom stereocenters. The summed E-state index contributed by atoms with van der Waals surface area (Å²) in [7, 11) is 0. The average molecular weight is 374 g/mol. The molecule has 4 heteroatoms. The third-order valence-electron chi connectivity index (χ3n) is 2.31. The molecule has 19 heavy (non-hydrogen) atoms. The van der Waals surface area contributed by atoms with Crippen LogP contribution in [0.4, 0.5) is 0 Å². The van der Waals surface area contributed by atoms with E-state index >= 15 is 0 Å². The van der Waals surface area contributed by atoms with Crippen molar-refractivity contribution in [2.45, 2.75) is 32.8 Å². The van der Waals surface area contributed by atoms with Crippen LogP contribution in [0.1, 0.15) is 32.3 Å². The molecule has 0 N–H and O–H groups in total. The second kappa shape index (κ2) is 8.96. The molecule has 0 fully saturated rings. The summed E-state index contributed by atoms with van der Waals surface area (Å²) in [4.78, 5) is 11.3. The Labute approximate surface area is 128 Å². The van der Waals surface area contributed by atoms with Gasteiger partial charge >= 0.3 is 5.97 Å². The first-order chi connectivity index (χ1) is 9.13. The molecule has 0 saturated heterocycles. The zero-order chi connectivity index (χ0) is 14.1. The van der Waals surface area contributed by atoms with Crippen molar-refractivity contribution >= 4 is 34.6 Å². The van der Waals surface area contributed by atoms with Crippen molar-refractivity contribution < 1.29 is 14.3 Å². The van der Waals surface area contributed by atoms with Crippen molar-refractivity contribution in [3.63, 3.8) is 0 Å². The van der Waals surface area contributed by atoms with E-state index < -0.39 is 0 Å². The lowest BCUT2D eigenvalue weighted by atomic mass is 10.2. The fraction of sp³-hybridized carbons (Fsp3) is 0.400. The number of ether oxygens (including phenoxy) is 2. The van der Waals surface area contributed by atoms with Gasteiger partial charge in [0.25, 0.3) is 0 Å². The molecule has 1 aromatic carbocycles. The van der Waals surface area contributed by atoms with Gasteiger partial charge in [0.15, 0.2) is 0 Å². The highest BCUT2D eigenvalue weighted by Crippen LogP contribution is 2.20. The normalized spacial score (nSPS) is 10.9. The number of para-hydroxylation sites is 1. The standard InChI is InChI=1S/C15H19IO3/c1-12(2)19-15(17)8-5-11-18-14-7-4-3-6-13(14)9-10-16/h3-4,6-7,9-10,12H,5,8,11H2,1-2H3/b10-9+. The van der Waals surface area contributed by atoms with Gasteiger partial charge in [-0.15, -0.1) is 0 Å². The highest BCUT2D eigenvalue weighted by atomic mass is 127. The second-order valence-electron chi connectivity index (χ2n) is 4.32. The maximum atomic E-state index is 11.3. The highest BCUT2D eigenvalue weighted by molar-refractivity contribution is 14.1. The Hall–Kier alpha value is -1.04. The maximum absolute atomic E-state index is 11.3. The van der Waals surface area contributed by atoms with Crippen LogP contribution in [-0.2, 0) is 9.53 Å². The van der Waals surface area contributed by atoms with Gasteiger partial charge in [0.2, 0.25) is 0 Å². The van der Waals surface area contributed by atoms with E-state index in [1.54, 1.807) is 0 Å². The highest BCUT2D eigenvalue weighted by Gasteiger charge is 2.05. The van der Waals surface area contributed by atoms with E-state index in [-0.39, 0.29) is 12.1 Å². The lowest BCUT2D eigenvalue weighted by molar-refractivity contribution is -0.147. The van der Waals surface area contributed by atoms with E-state index in [1.807, 2.05) is 48.3 Å². The van der Waals surface area contributed by atoms with Gasteiger partial charge in [-0.2, -0.15) is 0 Å². The Balaban J connectivity index is 2.35. The molecule has 3 nitrogen and oxygen atoms in total. The summed E-state index contributed by atoms with van der Waals surface area (Å²) in [6.07, 6.45) is 2.99. The monoisotopic (exact) mass is 374 g/mol. The zero-order valence-electron chi connectivity index (χ0n) is 11.3. The van der Waals surface area contributed by atoms with Crippen LogP contribution in [0.2, 0.25) is 0 Å². The molecule has 0 amide bonds. The molecule has 0 saturated carbocycles. The van der Waals surface area contributed by atoms with Gasteiger partial charge in [0.1, 0.15) is 5.75 Å². The van der Waals surface area contributed by atoms with Crippen LogP contribution in [0.25, 0.3) is 6.08 Å². The number of esters is 1. The number of carbonyl (C=O) groups excluding carboxylic acids is 1. The first-order valence-corrected chi connectivity index (χ1v) is 7.56. The number of benzene rings is 1. The van der Waals surface area contributed by atoms with Gasteiger partial charge in [-0.1, -0.05) is 40.8 Å². The summed E-state index contributed by atoms with van der Waals surface area (Å²) in [6, 6.07) is 7.83. The molecule has 0 bridgehead atoms. The van der Waals surface area contributed by atoms with Gasteiger partial charge in [-0.05, 0) is 36.5 Å². The quantitative estimate of drug-likeness (QED) is 0.408. The van der Waals surface area contributed by atoms with Crippen LogP contribution >= 0.6 is 22.6 Å². The molecule has 0 atom stereocenters. The Morgan fingerprint density at radius 2 is 2.11 bits per heavy atom. The number of halogens is 1. The van der Waals surface area contributed by atoms with Gasteiger partial charge in [0.05, 0.1) is 12.7 Å². The average Bonchev–Trinajstić information content (AvgIpc) is 2.36. The molecule has 0 radical (unpaired) electrons. The minimum atomic E-state index is -0.168. The Kier molecular flexibility index (Phi) is 7.55. The molecule has 1 aromatic rings. The minimum Gasteiger partial charge on any atom is -0.493 e. The molecule has 0 heterocycles. The van der Waals surface area contributed by atoms with Crippen molar-refractivity contribution in [2.75, 3.05) is 6.61 Å². The third-order valence-corrected chi connectivity index (χ3v) is 2.67. The maximum Gasteiger partial charge on any atom is 0.306 e. The lowest BCUT2D eigenvalue weighted by Crippen LogP contribution is -2.12. The lowest BCUT2D eigenvalue weighted by Gasteiger charge is -2.10. The van der Waals surface area contributed by atoms with Gasteiger partial charge in [-0.25, -0.2) is 0 Å². The van der Waals surface area contributed by atoms with Crippen LogP contribution in [0.5, 0.6) is 5.75 Å². The summed E-state index contributed by atoms with van der Waals surface area (Å²) >= 11 is 2.18. The summed E-state index contributed by atoms with van der Waals surface area (Å²) in [5.41, 5.74) is 1.04. The van der Waals surface area contributed by atoms with Gasteiger partial charge < -0.3 is 9.47 Å². The Morgan fingerprint density at radius 3 is 2.79 bits per heavy atom. The summed E-state index contributed by atoms with van der Waals surface area (Å²) in [5, 5.41) is 0. The summed E-state index contributed by atoms with van der Waals surface area (Å²) in [6.45, 7) is 4.21. The van der Waals surface area contributed by atoms with E-state index in [1.165, 1.54) is 0 Å². The van der Waals surface area contributed by atoms with Crippen LogP contribution in [0, 0.1) is 0 Å². The predicted octanol–water partition coefficient (Wildman–Crippen LogP) is 4.20. The van der Waals surface area contributed by atoms with Gasteiger partial charge in [0, 0.05) is 12.0 Å². The van der Waals surface area contributed by atoms with Crippen molar-refractivity contribution in [1.29, 1.82) is 0 Å². The van der Waals surface area contributed by atoms with Crippen LogP contribution < -0.4 is 4.74 Å². The van der Waals surface area contributed by atoms with Crippen LogP contribution in [0.15, 0.2) is 28.3 Å². The van der Waals surface area contributed by atoms with Gasteiger partial charge in [-0.3, -0.25) is 4.79 Å². The fourth-order valence-corrected chi connectivity index (χ4v) is 1.93. The Morgan fingerprint density at radius 1 is 1.37 bits per heavy atom. The van der Waals surface area contributed by atoms with Crippen molar-refractivity contribution in [1.82, 2.24) is 0 Å². The molecule has 0 aromatic heterocycles. The zero-order valence-corrected chi connectivity index (χ0v) is 13.4. The first kappa shape index (κ1) is 16.0. The Bertz CT molecular complexity index is 427. The summed E-state index contributed by atoms with van der Waals surface area (Å²) in [5.74, 6) is 0.673. The second-order valence-corrected chi connectivity index (χ2v) is 5.04. The van der Waals surface area contributed by atoms with E-state index in [4.69, 9.17) is 9.47 Å². The van der Waals surface area contributed by atoms with Crippen LogP contribution in [-0.4, -0.2) is 18.7 Å². The van der Waals surface area contributed by atoms with Crippen molar-refractivity contribution in [3.8, 4) is 5.75 Å². The number of hydrogen-bond acceptors (Lipinski definition) is 3. The van der Waals surface area contributed by atoms with Crippen molar-refractivity contribution in [3.05, 3.63) is 33.9 Å². The summed E-state index contributed by atoms with van der Waals surface area (Å²) < 4.78 is 12.7. The molecule has 0 aliphatic carbocycles. The molecule has 0 spiro atoms.